The Labute approximate surface area is 147 Å². The number of nitrogens with one attached hydrogen (secondary N) is 1. The molecule has 0 aromatic heterocycles. The number of anilines is 1. The zero-order valence-corrected chi connectivity index (χ0v) is 14.8. The van der Waals surface area contributed by atoms with Gasteiger partial charge in [0.25, 0.3) is 10.0 Å². The van der Waals surface area contributed by atoms with E-state index in [2.05, 4.69) is 12.2 Å². The second-order valence-electron chi connectivity index (χ2n) is 6.55. The van der Waals surface area contributed by atoms with E-state index < -0.39 is 10.0 Å². The SMILES string of the molecule is CCc1ccc2c(c1)-c1ccccc1S(=O)(=O)N2CC(=O)NC1CC1. The zero-order chi connectivity index (χ0) is 17.6. The number of aryl methyl sites for hydroxylation is 1. The molecule has 130 valence electrons. The minimum atomic E-state index is -3.75. The van der Waals surface area contributed by atoms with Crippen molar-refractivity contribution in [2.45, 2.75) is 37.1 Å². The number of nitrogens with zero attached hydrogens (tertiary/aromatic N) is 1. The predicted molar refractivity (Wildman–Crippen MR) is 97.0 cm³/mol. The van der Waals surface area contributed by atoms with Crippen LogP contribution in [-0.2, 0) is 21.2 Å². The predicted octanol–water partition coefficient (Wildman–Crippen LogP) is 2.70. The Balaban J connectivity index is 1.83. The molecule has 1 aliphatic carbocycles. The fraction of sp³-hybridized carbons (Fsp3) is 0.316. The van der Waals surface area contributed by atoms with Gasteiger partial charge in [-0.15, -0.1) is 0 Å². The van der Waals surface area contributed by atoms with E-state index in [1.807, 2.05) is 30.3 Å². The quantitative estimate of drug-likeness (QED) is 0.916. The first-order valence-electron chi connectivity index (χ1n) is 8.55. The fourth-order valence-electron chi connectivity index (χ4n) is 3.20. The van der Waals surface area contributed by atoms with Crippen LogP contribution < -0.4 is 9.62 Å². The summed E-state index contributed by atoms with van der Waals surface area (Å²) in [5.41, 5.74) is 3.27. The molecule has 0 unspecified atom stereocenters. The van der Waals surface area contributed by atoms with Crippen molar-refractivity contribution >= 4 is 21.6 Å². The summed E-state index contributed by atoms with van der Waals surface area (Å²) in [5.74, 6) is -0.254. The van der Waals surface area contributed by atoms with Crippen LogP contribution in [0.15, 0.2) is 47.4 Å². The van der Waals surface area contributed by atoms with Crippen LogP contribution in [0.2, 0.25) is 0 Å². The van der Waals surface area contributed by atoms with Gasteiger partial charge in [0.2, 0.25) is 5.91 Å². The van der Waals surface area contributed by atoms with E-state index in [9.17, 15) is 13.2 Å². The Bertz CT molecular complexity index is 949. The number of fused-ring (bicyclic) bond motifs is 3. The number of hydrogen-bond donors (Lipinski definition) is 1. The van der Waals surface area contributed by atoms with Gasteiger partial charge in [0.15, 0.2) is 0 Å². The molecule has 0 saturated heterocycles. The number of carbonyl (C=O) groups is 1. The molecule has 0 atom stereocenters. The van der Waals surface area contributed by atoms with Crippen LogP contribution in [0, 0.1) is 0 Å². The molecule has 0 bridgehead atoms. The molecule has 6 heteroatoms. The summed E-state index contributed by atoms with van der Waals surface area (Å²) in [7, 11) is -3.75. The summed E-state index contributed by atoms with van der Waals surface area (Å²) in [6.07, 6.45) is 2.81. The van der Waals surface area contributed by atoms with E-state index >= 15 is 0 Å². The molecule has 1 saturated carbocycles. The molecule has 0 spiro atoms. The molecule has 1 N–H and O–H groups in total. The van der Waals surface area contributed by atoms with E-state index in [-0.39, 0.29) is 23.4 Å². The van der Waals surface area contributed by atoms with Gasteiger partial charge in [-0.1, -0.05) is 31.2 Å². The topological polar surface area (TPSA) is 66.5 Å². The third-order valence-electron chi connectivity index (χ3n) is 4.71. The van der Waals surface area contributed by atoms with E-state index in [4.69, 9.17) is 0 Å². The van der Waals surface area contributed by atoms with Crippen molar-refractivity contribution in [1.82, 2.24) is 5.32 Å². The molecule has 1 amide bonds. The molecule has 5 nitrogen and oxygen atoms in total. The van der Waals surface area contributed by atoms with E-state index in [0.717, 1.165) is 30.4 Å². The number of benzene rings is 2. The monoisotopic (exact) mass is 356 g/mol. The molecule has 1 fully saturated rings. The highest BCUT2D eigenvalue weighted by Gasteiger charge is 2.36. The van der Waals surface area contributed by atoms with Gasteiger partial charge < -0.3 is 5.32 Å². The van der Waals surface area contributed by atoms with E-state index in [1.165, 1.54) is 4.31 Å². The van der Waals surface area contributed by atoms with E-state index in [1.54, 1.807) is 12.1 Å². The largest absolute Gasteiger partial charge is 0.352 e. The molecule has 25 heavy (non-hydrogen) atoms. The summed E-state index contributed by atoms with van der Waals surface area (Å²) in [6, 6.07) is 13.0. The van der Waals surface area contributed by atoms with Crippen LogP contribution in [0.25, 0.3) is 11.1 Å². The van der Waals surface area contributed by atoms with Gasteiger partial charge >= 0.3 is 0 Å². The molecule has 2 aromatic carbocycles. The molecule has 2 aliphatic rings. The van der Waals surface area contributed by atoms with Gasteiger partial charge in [-0.2, -0.15) is 0 Å². The number of hydrogen-bond acceptors (Lipinski definition) is 3. The zero-order valence-electron chi connectivity index (χ0n) is 14.0. The van der Waals surface area contributed by atoms with Gasteiger partial charge in [0.05, 0.1) is 10.6 Å². The number of sulfonamides is 1. The molecule has 2 aromatic rings. The third-order valence-corrected chi connectivity index (χ3v) is 6.53. The first-order chi connectivity index (χ1) is 12.0. The van der Waals surface area contributed by atoms with Crippen molar-refractivity contribution in [3.05, 3.63) is 48.0 Å². The molecule has 4 rings (SSSR count). The Morgan fingerprint density at radius 3 is 2.64 bits per heavy atom. The number of rotatable bonds is 4. The lowest BCUT2D eigenvalue weighted by atomic mass is 9.99. The van der Waals surface area contributed by atoms with Crippen LogP contribution >= 0.6 is 0 Å². The van der Waals surface area contributed by atoms with Crippen LogP contribution in [0.4, 0.5) is 5.69 Å². The lowest BCUT2D eigenvalue weighted by molar-refractivity contribution is -0.119. The molecule has 1 heterocycles. The van der Waals surface area contributed by atoms with Gasteiger partial charge in [-0.3, -0.25) is 9.10 Å². The van der Waals surface area contributed by atoms with Crippen LogP contribution in [0.1, 0.15) is 25.3 Å². The minimum absolute atomic E-state index is 0.189. The average molecular weight is 356 g/mol. The second kappa shape index (κ2) is 5.88. The molecular weight excluding hydrogens is 336 g/mol. The molecule has 1 aliphatic heterocycles. The van der Waals surface area contributed by atoms with Crippen molar-refractivity contribution in [3.63, 3.8) is 0 Å². The Kier molecular flexibility index (Phi) is 3.80. The Hall–Kier alpha value is -2.34. The lowest BCUT2D eigenvalue weighted by Crippen LogP contribution is -2.43. The third kappa shape index (κ3) is 2.80. The highest BCUT2D eigenvalue weighted by molar-refractivity contribution is 7.93. The number of carbonyl (C=O) groups excluding carboxylic acids is 1. The van der Waals surface area contributed by atoms with Crippen molar-refractivity contribution in [3.8, 4) is 11.1 Å². The molecule has 0 radical (unpaired) electrons. The number of amides is 1. The fourth-order valence-corrected chi connectivity index (χ4v) is 4.85. The second-order valence-corrected chi connectivity index (χ2v) is 8.39. The first kappa shape index (κ1) is 16.1. The maximum Gasteiger partial charge on any atom is 0.265 e. The van der Waals surface area contributed by atoms with Crippen LogP contribution in [0.3, 0.4) is 0 Å². The standard InChI is InChI=1S/C19H20N2O3S/c1-2-13-7-10-17-16(11-13)15-5-3-4-6-18(15)25(23,24)21(17)12-19(22)20-14-8-9-14/h3-7,10-11,14H,2,8-9,12H2,1H3,(H,20,22). The maximum atomic E-state index is 13.1. The normalized spacial score (nSPS) is 17.6. The van der Waals surface area contributed by atoms with Gasteiger partial charge in [-0.05, 0) is 43.0 Å². The average Bonchev–Trinajstić information content (AvgIpc) is 3.42. The first-order valence-corrected chi connectivity index (χ1v) is 9.99. The Morgan fingerprint density at radius 1 is 1.16 bits per heavy atom. The van der Waals surface area contributed by atoms with Gasteiger partial charge in [0.1, 0.15) is 6.54 Å². The van der Waals surface area contributed by atoms with Crippen molar-refractivity contribution in [2.24, 2.45) is 0 Å². The van der Waals surface area contributed by atoms with Crippen molar-refractivity contribution in [1.29, 1.82) is 0 Å². The van der Waals surface area contributed by atoms with Gasteiger partial charge in [0, 0.05) is 17.2 Å². The summed E-state index contributed by atoms with van der Waals surface area (Å²) < 4.78 is 27.4. The summed E-state index contributed by atoms with van der Waals surface area (Å²) in [6.45, 7) is 1.87. The van der Waals surface area contributed by atoms with Crippen LogP contribution in [-0.4, -0.2) is 26.9 Å². The van der Waals surface area contributed by atoms with Crippen molar-refractivity contribution in [2.75, 3.05) is 10.8 Å². The Morgan fingerprint density at radius 2 is 1.92 bits per heavy atom. The van der Waals surface area contributed by atoms with E-state index in [0.29, 0.717) is 11.3 Å². The summed E-state index contributed by atoms with van der Waals surface area (Å²) >= 11 is 0. The minimum Gasteiger partial charge on any atom is -0.352 e. The summed E-state index contributed by atoms with van der Waals surface area (Å²) in [5, 5.41) is 2.87. The highest BCUT2D eigenvalue weighted by atomic mass is 32.2. The molecular formula is C19H20N2O3S. The van der Waals surface area contributed by atoms with Gasteiger partial charge in [-0.25, -0.2) is 8.42 Å². The highest BCUT2D eigenvalue weighted by Crippen LogP contribution is 2.43. The maximum absolute atomic E-state index is 13.1. The van der Waals surface area contributed by atoms with Crippen LogP contribution in [0.5, 0.6) is 0 Å². The lowest BCUT2D eigenvalue weighted by Gasteiger charge is -2.32. The smallest absolute Gasteiger partial charge is 0.265 e. The summed E-state index contributed by atoms with van der Waals surface area (Å²) in [4.78, 5) is 12.5. The van der Waals surface area contributed by atoms with Crippen molar-refractivity contribution < 1.29 is 13.2 Å².